The van der Waals surface area contributed by atoms with Gasteiger partial charge in [0.05, 0.1) is 13.0 Å². The zero-order valence-corrected chi connectivity index (χ0v) is 12.7. The normalized spacial score (nSPS) is 13.7. The molecule has 0 aliphatic rings. The van der Waals surface area contributed by atoms with Crippen LogP contribution in [0.2, 0.25) is 0 Å². The summed E-state index contributed by atoms with van der Waals surface area (Å²) < 4.78 is 10.7. The van der Waals surface area contributed by atoms with E-state index in [1.807, 2.05) is 27.7 Å². The fraction of sp³-hybridized carbons (Fsp3) is 0.929. The first-order chi connectivity index (χ1) is 8.26. The summed E-state index contributed by atoms with van der Waals surface area (Å²) in [5.41, 5.74) is -0.403. The first kappa shape index (κ1) is 17.4. The predicted octanol–water partition coefficient (Wildman–Crippen LogP) is 2.37. The standard InChI is InChI=1S/C14H29NO3/c1-7-17-10-12(11(2)3)15-9-8-13(16)18-14(4,5)6/h11-12,15H,7-10H2,1-6H3. The minimum Gasteiger partial charge on any atom is -0.460 e. The lowest BCUT2D eigenvalue weighted by Crippen LogP contribution is -2.39. The molecule has 0 saturated heterocycles. The van der Waals surface area contributed by atoms with Crippen molar-refractivity contribution >= 4 is 5.97 Å². The fourth-order valence-electron chi connectivity index (χ4n) is 1.48. The maximum atomic E-state index is 11.5. The molecule has 0 aromatic rings. The van der Waals surface area contributed by atoms with Gasteiger partial charge in [-0.15, -0.1) is 0 Å². The molecule has 0 amide bonds. The van der Waals surface area contributed by atoms with Gasteiger partial charge >= 0.3 is 5.97 Å². The van der Waals surface area contributed by atoms with Gasteiger partial charge in [0.15, 0.2) is 0 Å². The molecule has 4 nitrogen and oxygen atoms in total. The Labute approximate surface area is 111 Å². The van der Waals surface area contributed by atoms with E-state index in [9.17, 15) is 4.79 Å². The average Bonchev–Trinajstić information content (AvgIpc) is 2.19. The van der Waals surface area contributed by atoms with Crippen LogP contribution in [0.5, 0.6) is 0 Å². The summed E-state index contributed by atoms with van der Waals surface area (Å²) >= 11 is 0. The molecule has 0 rings (SSSR count). The second-order valence-corrected chi connectivity index (χ2v) is 5.80. The van der Waals surface area contributed by atoms with Crippen LogP contribution in [0.1, 0.15) is 48.0 Å². The van der Waals surface area contributed by atoms with Crippen LogP contribution >= 0.6 is 0 Å². The molecule has 0 saturated carbocycles. The molecule has 4 heteroatoms. The van der Waals surface area contributed by atoms with Gasteiger partial charge in [0.2, 0.25) is 0 Å². The molecule has 0 spiro atoms. The van der Waals surface area contributed by atoms with Gasteiger partial charge in [-0.05, 0) is 33.6 Å². The van der Waals surface area contributed by atoms with Gasteiger partial charge in [0.1, 0.15) is 5.60 Å². The van der Waals surface area contributed by atoms with Gasteiger partial charge < -0.3 is 14.8 Å². The number of esters is 1. The summed E-state index contributed by atoms with van der Waals surface area (Å²) in [6.45, 7) is 13.9. The lowest BCUT2D eigenvalue weighted by molar-refractivity contribution is -0.154. The highest BCUT2D eigenvalue weighted by Gasteiger charge is 2.17. The monoisotopic (exact) mass is 259 g/mol. The molecule has 108 valence electrons. The lowest BCUT2D eigenvalue weighted by Gasteiger charge is -2.23. The molecule has 0 radical (unpaired) electrons. The number of rotatable bonds is 8. The molecule has 0 heterocycles. The van der Waals surface area contributed by atoms with Crippen LogP contribution in [0.15, 0.2) is 0 Å². The minimum absolute atomic E-state index is 0.158. The van der Waals surface area contributed by atoms with Gasteiger partial charge in [-0.3, -0.25) is 4.79 Å². The first-order valence-corrected chi connectivity index (χ1v) is 6.79. The topological polar surface area (TPSA) is 47.6 Å². The molecule has 0 bridgehead atoms. The van der Waals surface area contributed by atoms with E-state index in [0.717, 1.165) is 6.61 Å². The van der Waals surface area contributed by atoms with Crippen LogP contribution in [0.25, 0.3) is 0 Å². The van der Waals surface area contributed by atoms with Crippen LogP contribution in [-0.2, 0) is 14.3 Å². The van der Waals surface area contributed by atoms with Gasteiger partial charge in [-0.25, -0.2) is 0 Å². The van der Waals surface area contributed by atoms with Crippen molar-refractivity contribution in [2.24, 2.45) is 5.92 Å². The summed E-state index contributed by atoms with van der Waals surface area (Å²) in [6, 6.07) is 0.285. The third-order valence-electron chi connectivity index (χ3n) is 2.46. The van der Waals surface area contributed by atoms with Crippen LogP contribution in [0, 0.1) is 5.92 Å². The van der Waals surface area contributed by atoms with Gasteiger partial charge in [-0.2, -0.15) is 0 Å². The number of hydrogen-bond acceptors (Lipinski definition) is 4. The number of carbonyl (C=O) groups is 1. The van der Waals surface area contributed by atoms with E-state index in [4.69, 9.17) is 9.47 Å². The number of hydrogen-bond donors (Lipinski definition) is 1. The fourth-order valence-corrected chi connectivity index (χ4v) is 1.48. The Morgan fingerprint density at radius 3 is 2.33 bits per heavy atom. The van der Waals surface area contributed by atoms with E-state index in [0.29, 0.717) is 25.5 Å². The van der Waals surface area contributed by atoms with Crippen molar-refractivity contribution in [1.82, 2.24) is 5.32 Å². The van der Waals surface area contributed by atoms with Crippen molar-refractivity contribution < 1.29 is 14.3 Å². The molecule has 0 aromatic heterocycles. The maximum Gasteiger partial charge on any atom is 0.307 e. The predicted molar refractivity (Wildman–Crippen MR) is 73.6 cm³/mol. The summed E-state index contributed by atoms with van der Waals surface area (Å²) in [5, 5.41) is 3.34. The van der Waals surface area contributed by atoms with Crippen molar-refractivity contribution in [2.45, 2.75) is 59.6 Å². The zero-order chi connectivity index (χ0) is 14.2. The van der Waals surface area contributed by atoms with E-state index in [2.05, 4.69) is 19.2 Å². The number of carbonyl (C=O) groups excluding carboxylic acids is 1. The smallest absolute Gasteiger partial charge is 0.307 e. The second-order valence-electron chi connectivity index (χ2n) is 5.80. The average molecular weight is 259 g/mol. The highest BCUT2D eigenvalue weighted by atomic mass is 16.6. The Bertz CT molecular complexity index is 234. The van der Waals surface area contributed by atoms with E-state index in [-0.39, 0.29) is 12.0 Å². The second kappa shape index (κ2) is 8.48. The Balaban J connectivity index is 3.88. The van der Waals surface area contributed by atoms with Gasteiger partial charge in [-0.1, -0.05) is 13.8 Å². The van der Waals surface area contributed by atoms with Crippen LogP contribution in [0.4, 0.5) is 0 Å². The maximum absolute atomic E-state index is 11.5. The van der Waals surface area contributed by atoms with Crippen LogP contribution < -0.4 is 5.32 Å². The van der Waals surface area contributed by atoms with E-state index < -0.39 is 5.60 Å². The van der Waals surface area contributed by atoms with E-state index in [1.165, 1.54) is 0 Å². The summed E-state index contributed by atoms with van der Waals surface area (Å²) in [6.07, 6.45) is 0.395. The molecule has 0 aromatic carbocycles. The van der Waals surface area contributed by atoms with Crippen LogP contribution in [0.3, 0.4) is 0 Å². The third-order valence-corrected chi connectivity index (χ3v) is 2.46. The molecule has 0 aliphatic heterocycles. The largest absolute Gasteiger partial charge is 0.460 e. The molecular weight excluding hydrogens is 230 g/mol. The SMILES string of the molecule is CCOCC(NCCC(=O)OC(C)(C)C)C(C)C. The van der Waals surface area contributed by atoms with Crippen molar-refractivity contribution in [2.75, 3.05) is 19.8 Å². The molecule has 1 unspecified atom stereocenters. The first-order valence-electron chi connectivity index (χ1n) is 6.79. The lowest BCUT2D eigenvalue weighted by atomic mass is 10.1. The Hall–Kier alpha value is -0.610. The third kappa shape index (κ3) is 9.42. The molecular formula is C14H29NO3. The summed E-state index contributed by atoms with van der Waals surface area (Å²) in [5.74, 6) is 0.323. The molecule has 1 atom stereocenters. The molecule has 1 N–H and O–H groups in total. The van der Waals surface area contributed by atoms with Crippen molar-refractivity contribution in [3.8, 4) is 0 Å². The minimum atomic E-state index is -0.403. The summed E-state index contributed by atoms with van der Waals surface area (Å²) in [4.78, 5) is 11.5. The van der Waals surface area contributed by atoms with Gasteiger partial charge in [0, 0.05) is 19.2 Å². The molecule has 18 heavy (non-hydrogen) atoms. The van der Waals surface area contributed by atoms with Crippen LogP contribution in [-0.4, -0.2) is 37.4 Å². The Kier molecular flexibility index (Phi) is 8.20. The Morgan fingerprint density at radius 1 is 1.28 bits per heavy atom. The molecule has 0 fully saturated rings. The zero-order valence-electron chi connectivity index (χ0n) is 12.7. The number of nitrogens with one attached hydrogen (secondary N) is 1. The Morgan fingerprint density at radius 2 is 1.89 bits per heavy atom. The highest BCUT2D eigenvalue weighted by Crippen LogP contribution is 2.08. The summed E-state index contributed by atoms with van der Waals surface area (Å²) in [7, 11) is 0. The van der Waals surface area contributed by atoms with Crippen molar-refractivity contribution in [3.63, 3.8) is 0 Å². The quantitative estimate of drug-likeness (QED) is 0.680. The van der Waals surface area contributed by atoms with Crippen molar-refractivity contribution in [1.29, 1.82) is 0 Å². The van der Waals surface area contributed by atoms with E-state index in [1.54, 1.807) is 0 Å². The number of ether oxygens (including phenoxy) is 2. The highest BCUT2D eigenvalue weighted by molar-refractivity contribution is 5.70. The van der Waals surface area contributed by atoms with Gasteiger partial charge in [0.25, 0.3) is 0 Å². The van der Waals surface area contributed by atoms with E-state index >= 15 is 0 Å². The molecule has 0 aliphatic carbocycles. The van der Waals surface area contributed by atoms with Crippen molar-refractivity contribution in [3.05, 3.63) is 0 Å².